The van der Waals surface area contributed by atoms with E-state index in [1.165, 1.54) is 29.2 Å². The minimum atomic E-state index is -6.05. The molecule has 1 saturated heterocycles. The third kappa shape index (κ3) is 6.25. The Morgan fingerprint density at radius 3 is 1.97 bits per heavy atom. The van der Waals surface area contributed by atoms with Crippen molar-refractivity contribution in [1.29, 1.82) is 0 Å². The Balaban J connectivity index is 1.47. The van der Waals surface area contributed by atoms with Crippen molar-refractivity contribution in [2.24, 2.45) is 0 Å². The van der Waals surface area contributed by atoms with E-state index in [1.807, 2.05) is 12.1 Å². The van der Waals surface area contributed by atoms with Crippen molar-refractivity contribution in [2.45, 2.75) is 61.1 Å². The molecule has 0 aromatic heterocycles. The molecule has 0 atom stereocenters. The second-order valence-corrected chi connectivity index (χ2v) is 12.7. The minimum Gasteiger partial charge on any atom is -0.490 e. The number of rotatable bonds is 7. The Morgan fingerprint density at radius 1 is 0.900 bits per heavy atom. The third-order valence-corrected chi connectivity index (χ3v) is 10.2. The van der Waals surface area contributed by atoms with Gasteiger partial charge >= 0.3 is 25.8 Å². The van der Waals surface area contributed by atoms with Crippen LogP contribution in [0.15, 0.2) is 29.2 Å². The normalized spacial score (nSPS) is 24.1. The number of benzene rings is 1. The van der Waals surface area contributed by atoms with E-state index in [0.29, 0.717) is 33.6 Å². The van der Waals surface area contributed by atoms with Gasteiger partial charge < -0.3 is 4.74 Å². The van der Waals surface area contributed by atoms with Gasteiger partial charge in [0, 0.05) is 10.9 Å². The van der Waals surface area contributed by atoms with E-state index in [-0.39, 0.29) is 18.9 Å². The summed E-state index contributed by atoms with van der Waals surface area (Å²) in [6, 6.07) is 7.97. The fraction of sp³-hybridized carbons (Fsp3) is 0.647. The third-order valence-electron chi connectivity index (χ3n) is 4.89. The molecule has 3 rings (SSSR count). The standard InChI is InChI=1S/C17H23F3NO6S3/c18-17(19,20)29(22,23)21-30(24,25)27-15-5-3-13(4-6-15)26-14-7-9-16(10-8-14)28-11-1-2-12-28/h7-10,13,15,21H,1-6,11-12H2/q+1. The van der Waals surface area contributed by atoms with Crippen molar-refractivity contribution in [1.82, 2.24) is 4.13 Å². The van der Waals surface area contributed by atoms with Gasteiger partial charge in [-0.2, -0.15) is 21.6 Å². The number of hydrogen-bond donors (Lipinski definition) is 1. The molecule has 170 valence electrons. The first kappa shape index (κ1) is 23.6. The van der Waals surface area contributed by atoms with Crippen LogP contribution in [0, 0.1) is 0 Å². The van der Waals surface area contributed by atoms with Crippen LogP contribution in [0.4, 0.5) is 13.2 Å². The molecule has 0 amide bonds. The molecule has 1 aliphatic heterocycles. The summed E-state index contributed by atoms with van der Waals surface area (Å²) in [4.78, 5) is 1.32. The summed E-state index contributed by atoms with van der Waals surface area (Å²) in [5.74, 6) is 3.16. The van der Waals surface area contributed by atoms with Gasteiger partial charge in [0.2, 0.25) is 0 Å². The highest BCUT2D eigenvalue weighted by Crippen LogP contribution is 2.29. The van der Waals surface area contributed by atoms with Crippen LogP contribution in [0.3, 0.4) is 0 Å². The summed E-state index contributed by atoms with van der Waals surface area (Å²) in [6.07, 6.45) is 2.70. The number of ether oxygens (including phenoxy) is 1. The number of sulfonamides is 1. The molecular formula is C17H23F3NO6S3+. The first-order valence-corrected chi connectivity index (χ1v) is 13.9. The highest BCUT2D eigenvalue weighted by atomic mass is 32.3. The monoisotopic (exact) mass is 490 g/mol. The lowest BCUT2D eigenvalue weighted by Crippen LogP contribution is -2.42. The molecule has 7 nitrogen and oxygen atoms in total. The van der Waals surface area contributed by atoms with Crippen molar-refractivity contribution in [3.05, 3.63) is 24.3 Å². The van der Waals surface area contributed by atoms with Crippen LogP contribution in [-0.4, -0.2) is 46.1 Å². The van der Waals surface area contributed by atoms with Gasteiger partial charge in [-0.3, -0.25) is 4.18 Å². The highest BCUT2D eigenvalue weighted by molar-refractivity contribution is 8.03. The number of hydrogen-bond acceptors (Lipinski definition) is 6. The van der Waals surface area contributed by atoms with Crippen LogP contribution in [0.25, 0.3) is 0 Å². The lowest BCUT2D eigenvalue weighted by atomic mass is 9.95. The Hall–Kier alpha value is -1.02. The molecule has 2 fully saturated rings. The number of nitrogens with one attached hydrogen (secondary N) is 1. The highest BCUT2D eigenvalue weighted by Gasteiger charge is 2.49. The van der Waals surface area contributed by atoms with Crippen molar-refractivity contribution < 1.29 is 38.9 Å². The molecule has 1 heterocycles. The molecule has 0 spiro atoms. The number of alkyl halides is 3. The van der Waals surface area contributed by atoms with Crippen molar-refractivity contribution >= 4 is 31.2 Å². The van der Waals surface area contributed by atoms with Crippen LogP contribution >= 0.6 is 0 Å². The van der Waals surface area contributed by atoms with Crippen LogP contribution in [0.2, 0.25) is 0 Å². The average molecular weight is 491 g/mol. The molecule has 30 heavy (non-hydrogen) atoms. The van der Waals surface area contributed by atoms with Gasteiger partial charge in [0.25, 0.3) is 0 Å². The first-order chi connectivity index (χ1) is 14.0. The molecule has 0 unspecified atom stereocenters. The molecule has 1 aromatic rings. The summed E-state index contributed by atoms with van der Waals surface area (Å²) in [5, 5.41) is 0. The molecule has 13 heteroatoms. The second kappa shape index (κ2) is 9.23. The van der Waals surface area contributed by atoms with Gasteiger partial charge in [-0.15, -0.1) is 0 Å². The average Bonchev–Trinajstić information content (AvgIpc) is 3.16. The Labute approximate surface area is 177 Å². The van der Waals surface area contributed by atoms with Gasteiger partial charge in [-0.05, 0) is 62.8 Å². The fourth-order valence-corrected chi connectivity index (χ4v) is 7.88. The molecule has 0 radical (unpaired) electrons. The second-order valence-electron chi connectivity index (χ2n) is 7.18. The van der Waals surface area contributed by atoms with Crippen molar-refractivity contribution in [3.8, 4) is 5.75 Å². The quantitative estimate of drug-likeness (QED) is 0.590. The predicted molar refractivity (Wildman–Crippen MR) is 106 cm³/mol. The Kier molecular flexibility index (Phi) is 7.27. The summed E-state index contributed by atoms with van der Waals surface area (Å²) in [7, 11) is -10.8. The molecule has 2 aliphatic rings. The SMILES string of the molecule is O=S(=O)(NS(=O)(=O)C(F)(F)F)OC1CCC(Oc2ccc([S+]3CCCC3)cc2)CC1. The summed E-state index contributed by atoms with van der Waals surface area (Å²) in [6.45, 7) is 0. The molecule has 1 saturated carbocycles. The minimum absolute atomic E-state index is 0.181. The Bertz CT molecular complexity index is 920. The maximum Gasteiger partial charge on any atom is 0.512 e. The van der Waals surface area contributed by atoms with Crippen LogP contribution in [0.1, 0.15) is 38.5 Å². The van der Waals surface area contributed by atoms with Gasteiger partial charge in [-0.25, -0.2) is 8.42 Å². The molecular weight excluding hydrogens is 467 g/mol. The zero-order chi connectivity index (χ0) is 22.0. The van der Waals surface area contributed by atoms with E-state index < -0.39 is 31.9 Å². The first-order valence-electron chi connectivity index (χ1n) is 9.42. The van der Waals surface area contributed by atoms with E-state index in [1.54, 1.807) is 0 Å². The maximum absolute atomic E-state index is 12.3. The molecule has 1 aliphatic carbocycles. The zero-order valence-electron chi connectivity index (χ0n) is 15.9. The fourth-order valence-electron chi connectivity index (χ4n) is 3.42. The topological polar surface area (TPSA) is 98.8 Å². The van der Waals surface area contributed by atoms with Gasteiger partial charge in [0.1, 0.15) is 17.3 Å². The van der Waals surface area contributed by atoms with Crippen LogP contribution in [0.5, 0.6) is 5.75 Å². The lowest BCUT2D eigenvalue weighted by Gasteiger charge is -2.28. The van der Waals surface area contributed by atoms with Crippen molar-refractivity contribution in [2.75, 3.05) is 11.5 Å². The lowest BCUT2D eigenvalue weighted by molar-refractivity contribution is -0.0442. The van der Waals surface area contributed by atoms with E-state index >= 15 is 0 Å². The smallest absolute Gasteiger partial charge is 0.490 e. The predicted octanol–water partition coefficient (Wildman–Crippen LogP) is 2.85. The van der Waals surface area contributed by atoms with E-state index in [0.717, 1.165) is 0 Å². The van der Waals surface area contributed by atoms with E-state index in [4.69, 9.17) is 4.74 Å². The maximum atomic E-state index is 12.3. The summed E-state index contributed by atoms with van der Waals surface area (Å²) in [5.41, 5.74) is -5.75. The van der Waals surface area contributed by atoms with Gasteiger partial charge in [0.15, 0.2) is 4.90 Å². The summed E-state index contributed by atoms with van der Waals surface area (Å²) >= 11 is 0. The summed E-state index contributed by atoms with van der Waals surface area (Å²) < 4.78 is 93.2. The van der Waals surface area contributed by atoms with E-state index in [9.17, 15) is 30.0 Å². The largest absolute Gasteiger partial charge is 0.512 e. The zero-order valence-corrected chi connectivity index (χ0v) is 18.4. The van der Waals surface area contributed by atoms with Crippen molar-refractivity contribution in [3.63, 3.8) is 0 Å². The molecule has 0 bridgehead atoms. The number of halogens is 3. The molecule has 1 aromatic carbocycles. The van der Waals surface area contributed by atoms with E-state index in [2.05, 4.69) is 16.3 Å². The van der Waals surface area contributed by atoms with Crippen LogP contribution < -0.4 is 8.86 Å². The van der Waals surface area contributed by atoms with Gasteiger partial charge in [-0.1, -0.05) is 4.13 Å². The van der Waals surface area contributed by atoms with Gasteiger partial charge in [0.05, 0.1) is 12.2 Å². The molecule has 1 N–H and O–H groups in total. The van der Waals surface area contributed by atoms with Crippen LogP contribution in [-0.2, 0) is 35.4 Å². The Morgan fingerprint density at radius 2 is 1.43 bits per heavy atom.